The lowest BCUT2D eigenvalue weighted by Crippen LogP contribution is -2.35. The Morgan fingerprint density at radius 3 is 2.44 bits per heavy atom. The lowest BCUT2D eigenvalue weighted by molar-refractivity contribution is 0.265. The van der Waals surface area contributed by atoms with Crippen LogP contribution in [0.3, 0.4) is 0 Å². The van der Waals surface area contributed by atoms with Crippen molar-refractivity contribution >= 4 is 10.0 Å². The summed E-state index contributed by atoms with van der Waals surface area (Å²) in [6.07, 6.45) is 0. The van der Waals surface area contributed by atoms with Crippen LogP contribution in [0.2, 0.25) is 0 Å². The number of sulfonamides is 1. The van der Waals surface area contributed by atoms with E-state index in [1.807, 2.05) is 13.8 Å². The van der Waals surface area contributed by atoms with Crippen molar-refractivity contribution in [2.45, 2.75) is 31.7 Å². The molecule has 0 aliphatic carbocycles. The van der Waals surface area contributed by atoms with Gasteiger partial charge in [0.1, 0.15) is 0 Å². The number of benzene rings is 1. The van der Waals surface area contributed by atoms with Gasteiger partial charge in [0.05, 0.1) is 11.5 Å². The molecule has 0 unspecified atom stereocenters. The molecule has 16 heavy (non-hydrogen) atoms. The van der Waals surface area contributed by atoms with Crippen molar-refractivity contribution in [2.24, 2.45) is 0 Å². The molecular weight excluding hydrogens is 226 g/mol. The van der Waals surface area contributed by atoms with Crippen LogP contribution in [0.1, 0.15) is 18.1 Å². The fourth-order valence-electron chi connectivity index (χ4n) is 1.25. The van der Waals surface area contributed by atoms with E-state index in [4.69, 9.17) is 5.11 Å². The molecule has 2 N–H and O–H groups in total. The fourth-order valence-corrected chi connectivity index (χ4v) is 2.57. The molecule has 0 radical (unpaired) electrons. The molecule has 0 aromatic heterocycles. The average molecular weight is 243 g/mol. The molecule has 0 aliphatic rings. The fraction of sp³-hybridized carbons (Fsp3) is 0.455. The maximum Gasteiger partial charge on any atom is 0.240 e. The molecule has 0 saturated heterocycles. The first-order chi connectivity index (χ1) is 7.36. The molecule has 0 bridgehead atoms. The molecule has 5 heteroatoms. The number of nitrogens with one attached hydrogen (secondary N) is 1. The van der Waals surface area contributed by atoms with Gasteiger partial charge in [-0.3, -0.25) is 0 Å². The molecule has 0 heterocycles. The Hall–Kier alpha value is -0.910. The van der Waals surface area contributed by atoms with Crippen LogP contribution in [-0.2, 0) is 10.0 Å². The van der Waals surface area contributed by atoms with Gasteiger partial charge in [-0.2, -0.15) is 0 Å². The van der Waals surface area contributed by atoms with E-state index >= 15 is 0 Å². The molecule has 0 amide bonds. The van der Waals surface area contributed by atoms with Crippen molar-refractivity contribution < 1.29 is 13.5 Å². The molecule has 1 rings (SSSR count). The summed E-state index contributed by atoms with van der Waals surface area (Å²) in [7, 11) is -3.52. The zero-order valence-electron chi connectivity index (χ0n) is 9.69. The van der Waals surface area contributed by atoms with Gasteiger partial charge in [0.15, 0.2) is 0 Å². The lowest BCUT2D eigenvalue weighted by Gasteiger charge is -2.12. The molecule has 1 aromatic rings. The van der Waals surface area contributed by atoms with Gasteiger partial charge in [-0.1, -0.05) is 6.07 Å². The maximum absolute atomic E-state index is 11.8. The Morgan fingerprint density at radius 2 is 1.94 bits per heavy atom. The van der Waals surface area contributed by atoms with Gasteiger partial charge in [-0.05, 0) is 44.0 Å². The van der Waals surface area contributed by atoms with E-state index in [2.05, 4.69) is 4.72 Å². The highest BCUT2D eigenvalue weighted by Crippen LogP contribution is 2.14. The van der Waals surface area contributed by atoms with E-state index in [0.29, 0.717) is 0 Å². The monoisotopic (exact) mass is 243 g/mol. The molecule has 90 valence electrons. The van der Waals surface area contributed by atoms with Gasteiger partial charge in [-0.25, -0.2) is 13.1 Å². The van der Waals surface area contributed by atoms with Crippen LogP contribution >= 0.6 is 0 Å². The minimum absolute atomic E-state index is 0.218. The zero-order chi connectivity index (χ0) is 12.3. The van der Waals surface area contributed by atoms with Crippen LogP contribution in [0, 0.1) is 13.8 Å². The summed E-state index contributed by atoms with van der Waals surface area (Å²) >= 11 is 0. The Kier molecular flexibility index (Phi) is 4.07. The van der Waals surface area contributed by atoms with Gasteiger partial charge >= 0.3 is 0 Å². The Balaban J connectivity index is 3.03. The lowest BCUT2D eigenvalue weighted by atomic mass is 10.1. The van der Waals surface area contributed by atoms with E-state index in [9.17, 15) is 8.42 Å². The van der Waals surface area contributed by atoms with Crippen molar-refractivity contribution in [1.82, 2.24) is 4.72 Å². The van der Waals surface area contributed by atoms with Crippen LogP contribution in [-0.4, -0.2) is 26.2 Å². The third-order valence-electron chi connectivity index (χ3n) is 2.42. The summed E-state index contributed by atoms with van der Waals surface area (Å²) in [5.74, 6) is 0. The van der Waals surface area contributed by atoms with Gasteiger partial charge in [0.2, 0.25) is 10.0 Å². The predicted molar refractivity (Wildman–Crippen MR) is 62.8 cm³/mol. The number of aliphatic hydroxyl groups is 1. The van der Waals surface area contributed by atoms with Crippen molar-refractivity contribution in [1.29, 1.82) is 0 Å². The van der Waals surface area contributed by atoms with Crippen molar-refractivity contribution in [3.63, 3.8) is 0 Å². The number of hydrogen-bond acceptors (Lipinski definition) is 3. The van der Waals surface area contributed by atoms with Crippen molar-refractivity contribution in [3.8, 4) is 0 Å². The largest absolute Gasteiger partial charge is 0.395 e. The molecule has 1 atom stereocenters. The number of aliphatic hydroxyl groups excluding tert-OH is 1. The first-order valence-electron chi connectivity index (χ1n) is 5.07. The van der Waals surface area contributed by atoms with Crippen LogP contribution in [0.15, 0.2) is 23.1 Å². The number of hydrogen-bond donors (Lipinski definition) is 2. The standard InChI is InChI=1S/C11H17NO3S/c1-8-4-5-11(6-9(8)2)16(14,15)12-10(3)7-13/h4-6,10,12-13H,7H2,1-3H3/t10-/m1/s1. The summed E-state index contributed by atoms with van der Waals surface area (Å²) in [5, 5.41) is 8.82. The zero-order valence-corrected chi connectivity index (χ0v) is 10.5. The maximum atomic E-state index is 11.8. The smallest absolute Gasteiger partial charge is 0.240 e. The third kappa shape index (κ3) is 3.04. The highest BCUT2D eigenvalue weighted by Gasteiger charge is 2.16. The Labute approximate surface area is 96.4 Å². The van der Waals surface area contributed by atoms with Gasteiger partial charge in [0, 0.05) is 6.04 Å². The van der Waals surface area contributed by atoms with Crippen LogP contribution < -0.4 is 4.72 Å². The first kappa shape index (κ1) is 13.2. The van der Waals surface area contributed by atoms with E-state index in [1.54, 1.807) is 25.1 Å². The van der Waals surface area contributed by atoms with E-state index in [0.717, 1.165) is 11.1 Å². The summed E-state index contributed by atoms with van der Waals surface area (Å²) in [5.41, 5.74) is 1.98. The Bertz CT molecular complexity index is 468. The second-order valence-corrected chi connectivity index (χ2v) is 5.66. The second-order valence-electron chi connectivity index (χ2n) is 3.95. The molecule has 1 aromatic carbocycles. The normalized spacial score (nSPS) is 13.8. The predicted octanol–water partition coefficient (Wildman–Crippen LogP) is 0.963. The van der Waals surface area contributed by atoms with E-state index in [-0.39, 0.29) is 11.5 Å². The Morgan fingerprint density at radius 1 is 1.31 bits per heavy atom. The van der Waals surface area contributed by atoms with Crippen LogP contribution in [0.4, 0.5) is 0 Å². The molecule has 4 nitrogen and oxygen atoms in total. The van der Waals surface area contributed by atoms with Gasteiger partial charge in [0.25, 0.3) is 0 Å². The highest BCUT2D eigenvalue weighted by atomic mass is 32.2. The summed E-state index contributed by atoms with van der Waals surface area (Å²) < 4.78 is 26.1. The highest BCUT2D eigenvalue weighted by molar-refractivity contribution is 7.89. The molecule has 0 saturated carbocycles. The molecule has 0 aliphatic heterocycles. The molecular formula is C11H17NO3S. The summed E-state index contributed by atoms with van der Waals surface area (Å²) in [6.45, 7) is 5.18. The SMILES string of the molecule is Cc1ccc(S(=O)(=O)N[C@H](C)CO)cc1C. The topological polar surface area (TPSA) is 66.4 Å². The summed E-state index contributed by atoms with van der Waals surface area (Å²) in [4.78, 5) is 0.232. The van der Waals surface area contributed by atoms with Crippen LogP contribution in [0.25, 0.3) is 0 Å². The molecule has 0 fully saturated rings. The molecule has 0 spiro atoms. The van der Waals surface area contributed by atoms with Gasteiger partial charge in [-0.15, -0.1) is 0 Å². The van der Waals surface area contributed by atoms with Crippen molar-refractivity contribution in [3.05, 3.63) is 29.3 Å². The van der Waals surface area contributed by atoms with E-state index < -0.39 is 16.1 Å². The average Bonchev–Trinajstić information content (AvgIpc) is 2.21. The van der Waals surface area contributed by atoms with Crippen LogP contribution in [0.5, 0.6) is 0 Å². The summed E-state index contributed by atoms with van der Waals surface area (Å²) in [6, 6.07) is 4.48. The van der Waals surface area contributed by atoms with E-state index in [1.165, 1.54) is 0 Å². The van der Waals surface area contributed by atoms with Crippen molar-refractivity contribution in [2.75, 3.05) is 6.61 Å². The minimum atomic E-state index is -3.52. The second kappa shape index (κ2) is 4.95. The van der Waals surface area contributed by atoms with Gasteiger partial charge < -0.3 is 5.11 Å². The minimum Gasteiger partial charge on any atom is -0.395 e. The number of aryl methyl sites for hydroxylation is 2. The first-order valence-corrected chi connectivity index (χ1v) is 6.55. The quantitative estimate of drug-likeness (QED) is 0.828. The third-order valence-corrected chi connectivity index (χ3v) is 4.01. The number of rotatable bonds is 4.